The first kappa shape index (κ1) is 16.0. The quantitative estimate of drug-likeness (QED) is 0.785. The highest BCUT2D eigenvalue weighted by atomic mass is 16.5. The van der Waals surface area contributed by atoms with E-state index in [1.165, 1.54) is 5.56 Å². The average molecular weight is 315 g/mol. The van der Waals surface area contributed by atoms with Gasteiger partial charge in [-0.15, -0.1) is 0 Å². The zero-order chi connectivity index (χ0) is 16.2. The summed E-state index contributed by atoms with van der Waals surface area (Å²) in [5, 5.41) is 4.35. The van der Waals surface area contributed by atoms with Crippen LogP contribution in [0.2, 0.25) is 0 Å². The molecule has 0 saturated carbocycles. The van der Waals surface area contributed by atoms with Crippen LogP contribution in [0.1, 0.15) is 35.6 Å². The SMILES string of the molecule is C=Cn1ncc(CN(Cc2ccc(C)o2)C[C@@H]2CCCO2)c1C. The van der Waals surface area contributed by atoms with Crippen molar-refractivity contribution in [3.63, 3.8) is 0 Å². The molecule has 3 heterocycles. The molecule has 0 bridgehead atoms. The number of furan rings is 1. The van der Waals surface area contributed by atoms with E-state index >= 15 is 0 Å². The molecule has 2 aromatic heterocycles. The molecule has 3 rings (SSSR count). The summed E-state index contributed by atoms with van der Waals surface area (Å²) in [7, 11) is 0. The monoisotopic (exact) mass is 315 g/mol. The number of rotatable bonds is 7. The number of hydrogen-bond donors (Lipinski definition) is 0. The maximum absolute atomic E-state index is 5.81. The number of aryl methyl sites for hydroxylation is 1. The maximum Gasteiger partial charge on any atom is 0.118 e. The van der Waals surface area contributed by atoms with Gasteiger partial charge in [0.1, 0.15) is 11.5 Å². The summed E-state index contributed by atoms with van der Waals surface area (Å²) < 4.78 is 13.4. The topological polar surface area (TPSA) is 43.4 Å². The Morgan fingerprint density at radius 1 is 1.39 bits per heavy atom. The third-order valence-electron chi connectivity index (χ3n) is 4.37. The van der Waals surface area contributed by atoms with E-state index in [1.807, 2.05) is 23.9 Å². The fraction of sp³-hybridized carbons (Fsp3) is 0.500. The highest BCUT2D eigenvalue weighted by molar-refractivity contribution is 5.26. The predicted molar refractivity (Wildman–Crippen MR) is 89.9 cm³/mol. The van der Waals surface area contributed by atoms with Crippen LogP contribution in [0, 0.1) is 13.8 Å². The normalized spacial score (nSPS) is 18.0. The Morgan fingerprint density at radius 2 is 2.26 bits per heavy atom. The Hall–Kier alpha value is -1.85. The van der Waals surface area contributed by atoms with Gasteiger partial charge >= 0.3 is 0 Å². The van der Waals surface area contributed by atoms with Crippen molar-refractivity contribution >= 4 is 6.20 Å². The molecule has 5 heteroatoms. The van der Waals surface area contributed by atoms with Gasteiger partial charge in [0.25, 0.3) is 0 Å². The Kier molecular flexibility index (Phi) is 4.98. The minimum atomic E-state index is 0.320. The summed E-state index contributed by atoms with van der Waals surface area (Å²) in [6.45, 7) is 11.3. The van der Waals surface area contributed by atoms with E-state index in [-0.39, 0.29) is 0 Å². The molecule has 0 aromatic carbocycles. The van der Waals surface area contributed by atoms with E-state index in [9.17, 15) is 0 Å². The first-order valence-electron chi connectivity index (χ1n) is 8.20. The van der Waals surface area contributed by atoms with Crippen LogP contribution in [-0.2, 0) is 17.8 Å². The highest BCUT2D eigenvalue weighted by Crippen LogP contribution is 2.19. The Balaban J connectivity index is 1.72. The van der Waals surface area contributed by atoms with Gasteiger partial charge in [0.2, 0.25) is 0 Å². The highest BCUT2D eigenvalue weighted by Gasteiger charge is 2.21. The van der Waals surface area contributed by atoms with Crippen molar-refractivity contribution in [2.75, 3.05) is 13.2 Å². The van der Waals surface area contributed by atoms with E-state index in [0.717, 1.165) is 56.3 Å². The summed E-state index contributed by atoms with van der Waals surface area (Å²) in [5.41, 5.74) is 2.35. The lowest BCUT2D eigenvalue weighted by molar-refractivity contribution is 0.0653. The molecule has 5 nitrogen and oxygen atoms in total. The molecule has 124 valence electrons. The fourth-order valence-electron chi connectivity index (χ4n) is 3.09. The molecule has 1 fully saturated rings. The molecule has 0 aliphatic carbocycles. The fourth-order valence-corrected chi connectivity index (χ4v) is 3.09. The molecule has 0 spiro atoms. The Morgan fingerprint density at radius 3 is 2.87 bits per heavy atom. The predicted octanol–water partition coefficient (Wildman–Crippen LogP) is 3.37. The first-order valence-corrected chi connectivity index (χ1v) is 8.20. The van der Waals surface area contributed by atoms with Gasteiger partial charge in [0.15, 0.2) is 0 Å². The molecule has 1 atom stereocenters. The van der Waals surface area contributed by atoms with Crippen LogP contribution in [0.25, 0.3) is 6.20 Å². The summed E-state index contributed by atoms with van der Waals surface area (Å²) >= 11 is 0. The molecule has 1 aliphatic heterocycles. The lowest BCUT2D eigenvalue weighted by Gasteiger charge is -2.24. The first-order chi connectivity index (χ1) is 11.2. The van der Waals surface area contributed by atoms with Crippen LogP contribution in [-0.4, -0.2) is 33.9 Å². The van der Waals surface area contributed by atoms with Crippen LogP contribution in [0.3, 0.4) is 0 Å². The molecule has 2 aromatic rings. The van der Waals surface area contributed by atoms with E-state index in [4.69, 9.17) is 9.15 Å². The number of aromatic nitrogens is 2. The second-order valence-corrected chi connectivity index (χ2v) is 6.20. The van der Waals surface area contributed by atoms with Gasteiger partial charge in [-0.25, -0.2) is 4.68 Å². The summed E-state index contributed by atoms with van der Waals surface area (Å²) in [6.07, 6.45) is 6.27. The van der Waals surface area contributed by atoms with Crippen molar-refractivity contribution in [1.82, 2.24) is 14.7 Å². The van der Waals surface area contributed by atoms with Crippen LogP contribution in [0.5, 0.6) is 0 Å². The number of ether oxygens (including phenoxy) is 1. The lowest BCUT2D eigenvalue weighted by Crippen LogP contribution is -2.31. The zero-order valence-corrected chi connectivity index (χ0v) is 14.0. The van der Waals surface area contributed by atoms with Crippen LogP contribution >= 0.6 is 0 Å². The van der Waals surface area contributed by atoms with Crippen molar-refractivity contribution in [2.45, 2.75) is 45.9 Å². The van der Waals surface area contributed by atoms with Gasteiger partial charge in [-0.2, -0.15) is 5.10 Å². The van der Waals surface area contributed by atoms with E-state index in [0.29, 0.717) is 6.10 Å². The van der Waals surface area contributed by atoms with Crippen LogP contribution < -0.4 is 0 Å². The van der Waals surface area contributed by atoms with E-state index < -0.39 is 0 Å². The van der Waals surface area contributed by atoms with Gasteiger partial charge in [-0.3, -0.25) is 4.90 Å². The third kappa shape index (κ3) is 3.92. The Bertz CT molecular complexity index is 653. The lowest BCUT2D eigenvalue weighted by atomic mass is 10.2. The molecular formula is C18H25N3O2. The van der Waals surface area contributed by atoms with Gasteiger partial charge < -0.3 is 9.15 Å². The smallest absolute Gasteiger partial charge is 0.118 e. The summed E-state index contributed by atoms with van der Waals surface area (Å²) in [5.74, 6) is 1.95. The number of nitrogens with zero attached hydrogens (tertiary/aromatic N) is 3. The summed E-state index contributed by atoms with van der Waals surface area (Å²) in [6, 6.07) is 4.07. The third-order valence-corrected chi connectivity index (χ3v) is 4.37. The maximum atomic E-state index is 5.81. The molecule has 1 saturated heterocycles. The largest absolute Gasteiger partial charge is 0.465 e. The second-order valence-electron chi connectivity index (χ2n) is 6.20. The van der Waals surface area contributed by atoms with Gasteiger partial charge in [-0.1, -0.05) is 6.58 Å². The molecule has 0 N–H and O–H groups in total. The molecule has 1 aliphatic rings. The second kappa shape index (κ2) is 7.15. The molecular weight excluding hydrogens is 290 g/mol. The zero-order valence-electron chi connectivity index (χ0n) is 14.0. The molecule has 0 amide bonds. The van der Waals surface area contributed by atoms with Crippen molar-refractivity contribution in [2.24, 2.45) is 0 Å². The van der Waals surface area contributed by atoms with Crippen molar-refractivity contribution in [3.8, 4) is 0 Å². The molecule has 23 heavy (non-hydrogen) atoms. The van der Waals surface area contributed by atoms with Gasteiger partial charge in [0, 0.05) is 37.2 Å². The van der Waals surface area contributed by atoms with Crippen molar-refractivity contribution in [3.05, 3.63) is 47.7 Å². The van der Waals surface area contributed by atoms with E-state index in [1.54, 1.807) is 6.20 Å². The van der Waals surface area contributed by atoms with Crippen molar-refractivity contribution < 1.29 is 9.15 Å². The van der Waals surface area contributed by atoms with Gasteiger partial charge in [0.05, 0.1) is 18.8 Å². The van der Waals surface area contributed by atoms with Crippen LogP contribution in [0.15, 0.2) is 29.3 Å². The number of hydrogen-bond acceptors (Lipinski definition) is 4. The Labute approximate surface area is 137 Å². The standard InChI is InChI=1S/C18H25N3O2/c1-4-21-15(3)16(10-19-21)11-20(12-17-6-5-9-22-17)13-18-8-7-14(2)23-18/h4,7-8,10,17H,1,5-6,9,11-13H2,2-3H3/t17-/m0/s1. The minimum Gasteiger partial charge on any atom is -0.465 e. The summed E-state index contributed by atoms with van der Waals surface area (Å²) in [4.78, 5) is 2.38. The van der Waals surface area contributed by atoms with Gasteiger partial charge in [-0.05, 0) is 38.8 Å². The average Bonchev–Trinajstić information content (AvgIpc) is 3.24. The molecule has 0 radical (unpaired) electrons. The molecule has 0 unspecified atom stereocenters. The minimum absolute atomic E-state index is 0.320. The van der Waals surface area contributed by atoms with Crippen molar-refractivity contribution in [1.29, 1.82) is 0 Å². The van der Waals surface area contributed by atoms with Crippen LogP contribution in [0.4, 0.5) is 0 Å². The van der Waals surface area contributed by atoms with E-state index in [2.05, 4.69) is 29.6 Å².